The summed E-state index contributed by atoms with van der Waals surface area (Å²) in [4.78, 5) is 0. The van der Waals surface area contributed by atoms with Crippen molar-refractivity contribution in [1.29, 1.82) is 0 Å². The summed E-state index contributed by atoms with van der Waals surface area (Å²) < 4.78 is 19.4. The maximum atomic E-state index is 12.4. The molecule has 0 saturated heterocycles. The highest BCUT2D eigenvalue weighted by molar-refractivity contribution is 5.22. The van der Waals surface area contributed by atoms with Crippen molar-refractivity contribution in [1.82, 2.24) is 0 Å². The van der Waals surface area contributed by atoms with Gasteiger partial charge in [-0.25, -0.2) is 0 Å². The van der Waals surface area contributed by atoms with E-state index >= 15 is 0 Å². The Morgan fingerprint density at radius 1 is 0.442 bits per heavy atom. The zero-order chi connectivity index (χ0) is 30.9. The maximum Gasteiger partial charge on any atom is 0.0931 e. The van der Waals surface area contributed by atoms with Gasteiger partial charge in [0.05, 0.1) is 12.3 Å². The first kappa shape index (κ1) is 40.1. The van der Waals surface area contributed by atoms with Crippen molar-refractivity contribution in [2.45, 2.75) is 212 Å². The molecule has 0 heterocycles. The monoisotopic (exact) mass is 603 g/mol. The predicted octanol–water partition coefficient (Wildman–Crippen LogP) is 14.6. The minimum atomic E-state index is -0.166. The Morgan fingerprint density at radius 2 is 0.791 bits per heavy atom. The van der Waals surface area contributed by atoms with Crippen LogP contribution in [0.25, 0.3) is 0 Å². The molecule has 0 aliphatic heterocycles. The van der Waals surface area contributed by atoms with Crippen molar-refractivity contribution >= 4 is 0 Å². The lowest BCUT2D eigenvalue weighted by atomic mass is 9.83. The van der Waals surface area contributed by atoms with Crippen molar-refractivity contribution in [3.63, 3.8) is 0 Å². The summed E-state index contributed by atoms with van der Waals surface area (Å²) in [5.41, 5.74) is 1.27. The van der Waals surface area contributed by atoms with E-state index < -0.39 is 0 Å². The van der Waals surface area contributed by atoms with Gasteiger partial charge in [0.15, 0.2) is 0 Å². The van der Waals surface area contributed by atoms with E-state index in [4.69, 9.17) is 4.74 Å². The number of halogens is 1. The average molecular weight is 603 g/mol. The maximum absolute atomic E-state index is 12.4. The number of alkyl halides is 1. The molecule has 2 heteroatoms. The van der Waals surface area contributed by atoms with Gasteiger partial charge in [-0.05, 0) is 31.2 Å². The Hall–Kier alpha value is -0.890. The molecule has 0 saturated carbocycles. The molecule has 252 valence electrons. The summed E-state index contributed by atoms with van der Waals surface area (Å²) in [6, 6.07) is 11.2. The molecule has 43 heavy (non-hydrogen) atoms. The van der Waals surface area contributed by atoms with Gasteiger partial charge in [0.1, 0.15) is 0 Å². The topological polar surface area (TPSA) is 9.23 Å². The summed E-state index contributed by atoms with van der Waals surface area (Å²) in [6.45, 7) is 5.29. The first-order valence-corrected chi connectivity index (χ1v) is 19.5. The standard InChI is InChI=1S/C41H75FO/c1-3-5-7-9-11-13-15-17-19-23-30-36-41(40-34-28-27-29-35-40,43-39-33-26-22-21-25-32-38-42)37-31-24-20-18-16-14-12-10-8-6-4-2/h27-29,34-35H,3-26,30-33,36-39H2,1-2H3. The molecular formula is C41H75FO. The molecule has 0 radical (unpaired) electrons. The number of benzene rings is 1. The highest BCUT2D eigenvalue weighted by Crippen LogP contribution is 2.38. The Labute approximate surface area is 269 Å². The molecule has 1 rings (SSSR count). The molecule has 0 spiro atoms. The van der Waals surface area contributed by atoms with Crippen LogP contribution in [0.15, 0.2) is 30.3 Å². The van der Waals surface area contributed by atoms with Crippen LogP contribution in [0.1, 0.15) is 212 Å². The third-order valence-electron chi connectivity index (χ3n) is 9.57. The van der Waals surface area contributed by atoms with Crippen molar-refractivity contribution in [3.8, 4) is 0 Å². The largest absolute Gasteiger partial charge is 0.370 e. The molecule has 0 atom stereocenters. The second kappa shape index (κ2) is 31.1. The van der Waals surface area contributed by atoms with E-state index in [-0.39, 0.29) is 12.3 Å². The molecule has 0 bridgehead atoms. The van der Waals surface area contributed by atoms with Crippen molar-refractivity contribution in [2.75, 3.05) is 13.3 Å². The van der Waals surface area contributed by atoms with Gasteiger partial charge in [-0.3, -0.25) is 4.39 Å². The van der Waals surface area contributed by atoms with Crippen molar-refractivity contribution in [2.24, 2.45) is 0 Å². The van der Waals surface area contributed by atoms with Crippen LogP contribution in [0.4, 0.5) is 4.39 Å². The van der Waals surface area contributed by atoms with Gasteiger partial charge in [-0.15, -0.1) is 0 Å². The number of rotatable bonds is 34. The normalized spacial score (nSPS) is 11.9. The molecular weight excluding hydrogens is 527 g/mol. The van der Waals surface area contributed by atoms with Crippen LogP contribution in [-0.4, -0.2) is 13.3 Å². The fourth-order valence-electron chi connectivity index (χ4n) is 6.70. The second-order valence-electron chi connectivity index (χ2n) is 13.6. The van der Waals surface area contributed by atoms with Gasteiger partial charge < -0.3 is 4.74 Å². The first-order valence-electron chi connectivity index (χ1n) is 19.5. The summed E-state index contributed by atoms with van der Waals surface area (Å²) in [7, 11) is 0. The van der Waals surface area contributed by atoms with E-state index in [0.29, 0.717) is 0 Å². The highest BCUT2D eigenvalue weighted by Gasteiger charge is 2.32. The predicted molar refractivity (Wildman–Crippen MR) is 190 cm³/mol. The fraction of sp³-hybridized carbons (Fsp3) is 0.854. The first-order chi connectivity index (χ1) is 21.3. The zero-order valence-corrected chi connectivity index (χ0v) is 29.3. The van der Waals surface area contributed by atoms with Gasteiger partial charge in [0.25, 0.3) is 0 Å². The molecule has 0 fully saturated rings. The average Bonchev–Trinajstić information content (AvgIpc) is 3.03. The Bertz CT molecular complexity index is 633. The van der Waals surface area contributed by atoms with Crippen LogP contribution in [0.3, 0.4) is 0 Å². The summed E-state index contributed by atoms with van der Waals surface area (Å²) in [5.74, 6) is 0. The SMILES string of the molecule is CCCCCCCCCCCCCC(CCCCCCCCCCCCC)(OCCCCCCCCF)c1ccccc1. The molecule has 0 aliphatic carbocycles. The minimum Gasteiger partial charge on any atom is -0.370 e. The zero-order valence-electron chi connectivity index (χ0n) is 29.3. The van der Waals surface area contributed by atoms with E-state index in [0.717, 1.165) is 45.1 Å². The summed E-state index contributed by atoms with van der Waals surface area (Å²) in [5, 5.41) is 0. The molecule has 1 aromatic rings. The number of ether oxygens (including phenoxy) is 1. The molecule has 0 N–H and O–H groups in total. The Balaban J connectivity index is 2.54. The Kier molecular flexibility index (Phi) is 29.0. The lowest BCUT2D eigenvalue weighted by Crippen LogP contribution is -2.30. The summed E-state index contributed by atoms with van der Waals surface area (Å²) >= 11 is 0. The number of hydrogen-bond acceptors (Lipinski definition) is 1. The fourth-order valence-corrected chi connectivity index (χ4v) is 6.70. The Morgan fingerprint density at radius 3 is 1.19 bits per heavy atom. The molecule has 0 aromatic heterocycles. The van der Waals surface area contributed by atoms with Gasteiger partial charge in [0.2, 0.25) is 0 Å². The molecule has 0 unspecified atom stereocenters. The molecule has 1 nitrogen and oxygen atoms in total. The number of hydrogen-bond donors (Lipinski definition) is 0. The molecule has 0 amide bonds. The minimum absolute atomic E-state index is 0.131. The molecule has 1 aromatic carbocycles. The van der Waals surface area contributed by atoms with Crippen LogP contribution in [0, 0.1) is 0 Å². The number of unbranched alkanes of at least 4 members (excludes halogenated alkanes) is 25. The van der Waals surface area contributed by atoms with Crippen molar-refractivity contribution < 1.29 is 9.13 Å². The van der Waals surface area contributed by atoms with Crippen LogP contribution in [0.2, 0.25) is 0 Å². The molecule has 0 aliphatic rings. The van der Waals surface area contributed by atoms with Gasteiger partial charge >= 0.3 is 0 Å². The quantitative estimate of drug-likeness (QED) is 0.0713. The van der Waals surface area contributed by atoms with E-state index in [9.17, 15) is 4.39 Å². The smallest absolute Gasteiger partial charge is 0.0931 e. The van der Waals surface area contributed by atoms with Crippen LogP contribution >= 0.6 is 0 Å². The van der Waals surface area contributed by atoms with E-state index in [1.54, 1.807) is 0 Å². The van der Waals surface area contributed by atoms with Crippen LogP contribution < -0.4 is 0 Å². The van der Waals surface area contributed by atoms with Crippen molar-refractivity contribution in [3.05, 3.63) is 35.9 Å². The lowest BCUT2D eigenvalue weighted by Gasteiger charge is -2.35. The van der Waals surface area contributed by atoms with Gasteiger partial charge in [-0.1, -0.05) is 211 Å². The van der Waals surface area contributed by atoms with Gasteiger partial charge in [0, 0.05) is 6.61 Å². The lowest BCUT2D eigenvalue weighted by molar-refractivity contribution is -0.0681. The summed E-state index contributed by atoms with van der Waals surface area (Å²) in [6.07, 6.45) is 39.3. The van der Waals surface area contributed by atoms with Crippen LogP contribution in [0.5, 0.6) is 0 Å². The van der Waals surface area contributed by atoms with Crippen LogP contribution in [-0.2, 0) is 10.3 Å². The van der Waals surface area contributed by atoms with E-state index in [2.05, 4.69) is 44.2 Å². The highest BCUT2D eigenvalue weighted by atomic mass is 19.1. The van der Waals surface area contributed by atoms with E-state index in [1.165, 1.54) is 160 Å². The van der Waals surface area contributed by atoms with Gasteiger partial charge in [-0.2, -0.15) is 0 Å². The second-order valence-corrected chi connectivity index (χ2v) is 13.6. The third-order valence-corrected chi connectivity index (χ3v) is 9.57. The van der Waals surface area contributed by atoms with E-state index in [1.807, 2.05) is 0 Å². The third kappa shape index (κ3) is 23.2.